The second kappa shape index (κ2) is 6.44. The van der Waals surface area contributed by atoms with Gasteiger partial charge in [-0.3, -0.25) is 9.69 Å². The quantitative estimate of drug-likeness (QED) is 0.899. The summed E-state index contributed by atoms with van der Waals surface area (Å²) in [6.07, 6.45) is -3.90. The summed E-state index contributed by atoms with van der Waals surface area (Å²) in [5, 5.41) is 11.4. The van der Waals surface area contributed by atoms with Gasteiger partial charge in [0, 0.05) is 25.3 Å². The molecule has 1 aromatic carbocycles. The second-order valence-electron chi connectivity index (χ2n) is 5.12. The van der Waals surface area contributed by atoms with Crippen molar-refractivity contribution in [2.75, 3.05) is 18.4 Å². The van der Waals surface area contributed by atoms with Crippen molar-refractivity contribution in [2.24, 2.45) is 0 Å². The number of anilines is 1. The van der Waals surface area contributed by atoms with Crippen molar-refractivity contribution in [3.8, 4) is 0 Å². The summed E-state index contributed by atoms with van der Waals surface area (Å²) in [6.45, 7) is 1.81. The summed E-state index contributed by atoms with van der Waals surface area (Å²) in [5.41, 5.74) is 0.803. The Hall–Kier alpha value is -1.60. The molecule has 0 saturated carbocycles. The van der Waals surface area contributed by atoms with Crippen molar-refractivity contribution in [1.82, 2.24) is 4.90 Å². The number of nitrogens with one attached hydrogen (secondary N) is 1. The Bertz CT molecular complexity index is 497. The molecule has 0 radical (unpaired) electrons. The summed E-state index contributed by atoms with van der Waals surface area (Å²) in [7, 11) is 0. The van der Waals surface area contributed by atoms with Crippen LogP contribution in [0.25, 0.3) is 0 Å². The van der Waals surface area contributed by atoms with E-state index >= 15 is 0 Å². The molecule has 1 aromatic rings. The van der Waals surface area contributed by atoms with Crippen molar-refractivity contribution < 1.29 is 23.1 Å². The van der Waals surface area contributed by atoms with Crippen LogP contribution in [-0.2, 0) is 11.3 Å². The minimum atomic E-state index is -4.90. The molecule has 0 aromatic heterocycles. The van der Waals surface area contributed by atoms with Gasteiger partial charge in [0.15, 0.2) is 0 Å². The van der Waals surface area contributed by atoms with Gasteiger partial charge in [0.2, 0.25) is 0 Å². The number of carbonyl (C=O) groups is 1. The molecule has 1 saturated heterocycles. The van der Waals surface area contributed by atoms with Gasteiger partial charge in [0.05, 0.1) is 6.10 Å². The lowest BCUT2D eigenvalue weighted by Gasteiger charge is -2.30. The maximum atomic E-state index is 12.3. The molecule has 0 unspecified atom stereocenters. The van der Waals surface area contributed by atoms with E-state index in [9.17, 15) is 23.1 Å². The van der Waals surface area contributed by atoms with Crippen molar-refractivity contribution in [3.63, 3.8) is 0 Å². The number of benzene rings is 1. The molecule has 2 N–H and O–H groups in total. The fraction of sp³-hybridized carbons (Fsp3) is 0.500. The summed E-state index contributed by atoms with van der Waals surface area (Å²) in [4.78, 5) is 13.1. The number of aliphatic hydroxyl groups is 1. The van der Waals surface area contributed by atoms with Crippen LogP contribution < -0.4 is 5.32 Å². The van der Waals surface area contributed by atoms with E-state index in [2.05, 4.69) is 0 Å². The summed E-state index contributed by atoms with van der Waals surface area (Å²) in [5.74, 6) is -1.97. The molecule has 0 atom stereocenters. The Balaban J connectivity index is 2.05. The van der Waals surface area contributed by atoms with E-state index in [1.54, 1.807) is 18.2 Å². The average Bonchev–Trinajstić information content (AvgIpc) is 2.42. The number of piperidine rings is 1. The molecule has 7 heteroatoms. The van der Waals surface area contributed by atoms with Crippen LogP contribution in [0.3, 0.4) is 0 Å². The van der Waals surface area contributed by atoms with Crippen LogP contribution in [0.15, 0.2) is 24.3 Å². The molecular formula is C14H17F3N2O2. The first-order valence-corrected chi connectivity index (χ1v) is 6.73. The van der Waals surface area contributed by atoms with Gasteiger partial charge in [-0.1, -0.05) is 18.2 Å². The second-order valence-corrected chi connectivity index (χ2v) is 5.12. The molecule has 0 spiro atoms. The Morgan fingerprint density at radius 1 is 1.29 bits per heavy atom. The lowest BCUT2D eigenvalue weighted by molar-refractivity contribution is -0.167. The van der Waals surface area contributed by atoms with Crippen molar-refractivity contribution in [2.45, 2.75) is 31.7 Å². The van der Waals surface area contributed by atoms with Crippen LogP contribution in [-0.4, -0.2) is 41.3 Å². The zero-order valence-corrected chi connectivity index (χ0v) is 11.4. The standard InChI is InChI=1S/C14H17F3N2O2/c15-14(16,17)13(21)18-12-4-2-1-3-10(12)9-19-7-5-11(20)6-8-19/h1-4,11,20H,5-9H2,(H,18,21). The van der Waals surface area contributed by atoms with E-state index in [0.29, 0.717) is 38.0 Å². The van der Waals surface area contributed by atoms with Gasteiger partial charge in [-0.05, 0) is 24.5 Å². The number of amides is 1. The molecule has 1 amide bonds. The highest BCUT2D eigenvalue weighted by atomic mass is 19.4. The molecule has 1 aliphatic rings. The molecule has 0 aliphatic carbocycles. The van der Waals surface area contributed by atoms with E-state index in [-0.39, 0.29) is 11.8 Å². The summed E-state index contributed by atoms with van der Waals surface area (Å²) >= 11 is 0. The minimum Gasteiger partial charge on any atom is -0.393 e. The molecule has 1 heterocycles. The van der Waals surface area contributed by atoms with Gasteiger partial charge >= 0.3 is 12.1 Å². The van der Waals surface area contributed by atoms with Gasteiger partial charge in [-0.15, -0.1) is 0 Å². The SMILES string of the molecule is O=C(Nc1ccccc1CN1CCC(O)CC1)C(F)(F)F. The largest absolute Gasteiger partial charge is 0.471 e. The lowest BCUT2D eigenvalue weighted by atomic mass is 10.1. The van der Waals surface area contributed by atoms with Crippen molar-refractivity contribution in [1.29, 1.82) is 0 Å². The van der Waals surface area contributed by atoms with Crippen LogP contribution in [0.2, 0.25) is 0 Å². The number of nitrogens with zero attached hydrogens (tertiary/aromatic N) is 1. The summed E-state index contributed by atoms with van der Waals surface area (Å²) in [6, 6.07) is 6.45. The van der Waals surface area contributed by atoms with E-state index in [0.717, 1.165) is 0 Å². The number of hydrogen-bond donors (Lipinski definition) is 2. The van der Waals surface area contributed by atoms with Crippen LogP contribution in [0.5, 0.6) is 0 Å². The van der Waals surface area contributed by atoms with Gasteiger partial charge in [-0.2, -0.15) is 13.2 Å². The third kappa shape index (κ3) is 4.44. The van der Waals surface area contributed by atoms with Gasteiger partial charge in [0.25, 0.3) is 0 Å². The first-order chi connectivity index (χ1) is 9.86. The molecule has 116 valence electrons. The van der Waals surface area contributed by atoms with Crippen LogP contribution in [0.1, 0.15) is 18.4 Å². The van der Waals surface area contributed by atoms with E-state index in [1.165, 1.54) is 6.07 Å². The highest BCUT2D eigenvalue weighted by molar-refractivity contribution is 5.95. The monoisotopic (exact) mass is 302 g/mol. The molecule has 21 heavy (non-hydrogen) atoms. The minimum absolute atomic E-state index is 0.172. The van der Waals surface area contributed by atoms with Crippen LogP contribution in [0.4, 0.5) is 18.9 Å². The number of likely N-dealkylation sites (tertiary alicyclic amines) is 1. The van der Waals surface area contributed by atoms with E-state index < -0.39 is 12.1 Å². The van der Waals surface area contributed by atoms with E-state index in [1.807, 2.05) is 10.2 Å². The smallest absolute Gasteiger partial charge is 0.393 e. The average molecular weight is 302 g/mol. The number of hydrogen-bond acceptors (Lipinski definition) is 3. The van der Waals surface area contributed by atoms with E-state index in [4.69, 9.17) is 0 Å². The highest BCUT2D eigenvalue weighted by Gasteiger charge is 2.38. The molecular weight excluding hydrogens is 285 g/mol. The first kappa shape index (κ1) is 15.8. The number of halogens is 3. The third-order valence-electron chi connectivity index (χ3n) is 3.47. The van der Waals surface area contributed by atoms with Gasteiger partial charge < -0.3 is 10.4 Å². The summed E-state index contributed by atoms with van der Waals surface area (Å²) < 4.78 is 37.0. The number of alkyl halides is 3. The third-order valence-corrected chi connectivity index (χ3v) is 3.47. The number of para-hydroxylation sites is 1. The normalized spacial score (nSPS) is 17.7. The highest BCUT2D eigenvalue weighted by Crippen LogP contribution is 2.23. The fourth-order valence-electron chi connectivity index (χ4n) is 2.29. The predicted octanol–water partition coefficient (Wildman–Crippen LogP) is 2.14. The first-order valence-electron chi connectivity index (χ1n) is 6.73. The number of aliphatic hydroxyl groups excluding tert-OH is 1. The Kier molecular flexibility index (Phi) is 4.84. The number of carbonyl (C=O) groups excluding carboxylic acids is 1. The van der Waals surface area contributed by atoms with Gasteiger partial charge in [0.1, 0.15) is 0 Å². The molecule has 1 aliphatic heterocycles. The van der Waals surface area contributed by atoms with Crippen LogP contribution in [0, 0.1) is 0 Å². The number of rotatable bonds is 3. The fourth-order valence-corrected chi connectivity index (χ4v) is 2.29. The van der Waals surface area contributed by atoms with Crippen LogP contribution >= 0.6 is 0 Å². The molecule has 0 bridgehead atoms. The molecule has 2 rings (SSSR count). The maximum Gasteiger partial charge on any atom is 0.471 e. The Labute approximate surface area is 120 Å². The Morgan fingerprint density at radius 2 is 1.90 bits per heavy atom. The van der Waals surface area contributed by atoms with Crippen molar-refractivity contribution in [3.05, 3.63) is 29.8 Å². The van der Waals surface area contributed by atoms with Gasteiger partial charge in [-0.25, -0.2) is 0 Å². The molecule has 4 nitrogen and oxygen atoms in total. The molecule has 1 fully saturated rings. The maximum absolute atomic E-state index is 12.3. The van der Waals surface area contributed by atoms with Crippen molar-refractivity contribution >= 4 is 11.6 Å². The Morgan fingerprint density at radius 3 is 2.52 bits per heavy atom. The zero-order chi connectivity index (χ0) is 15.5. The lowest BCUT2D eigenvalue weighted by Crippen LogP contribution is -2.36. The zero-order valence-electron chi connectivity index (χ0n) is 11.4. The predicted molar refractivity (Wildman–Crippen MR) is 71.6 cm³/mol. The topological polar surface area (TPSA) is 52.6 Å².